The van der Waals surface area contributed by atoms with Crippen molar-refractivity contribution >= 4 is 40.8 Å². The number of para-hydroxylation sites is 1. The molecule has 25 heavy (non-hydrogen) atoms. The average molecular weight is 382 g/mol. The van der Waals surface area contributed by atoms with Gasteiger partial charge >= 0.3 is 5.97 Å². The second kappa shape index (κ2) is 8.74. The maximum Gasteiger partial charge on any atom is 0.344 e. The molecule has 7 heteroatoms. The van der Waals surface area contributed by atoms with E-state index in [1.165, 1.54) is 13.0 Å². The number of carbonyl (C=O) groups is 2. The number of halogens is 2. The molecule has 0 radical (unpaired) electrons. The van der Waals surface area contributed by atoms with Gasteiger partial charge in [0, 0.05) is 5.02 Å². The van der Waals surface area contributed by atoms with Crippen LogP contribution in [0.4, 0.5) is 5.69 Å². The number of rotatable bonds is 6. The molecule has 0 saturated heterocycles. The highest BCUT2D eigenvalue weighted by atomic mass is 35.5. The smallest absolute Gasteiger partial charge is 0.344 e. The predicted octanol–water partition coefficient (Wildman–Crippen LogP) is 4.25. The summed E-state index contributed by atoms with van der Waals surface area (Å²) < 4.78 is 10.5. The summed E-state index contributed by atoms with van der Waals surface area (Å²) in [5.41, 5.74) is 1.25. The first-order valence-corrected chi connectivity index (χ1v) is 8.26. The molecule has 0 saturated carbocycles. The number of anilines is 1. The number of amides is 1. The first-order valence-electron chi connectivity index (χ1n) is 7.50. The summed E-state index contributed by atoms with van der Waals surface area (Å²) in [4.78, 5) is 24.0. The van der Waals surface area contributed by atoms with Crippen LogP contribution in [0.15, 0.2) is 42.5 Å². The molecule has 0 fully saturated rings. The molecule has 0 aliphatic rings. The first-order chi connectivity index (χ1) is 11.9. The molecule has 0 spiro atoms. The van der Waals surface area contributed by atoms with Crippen molar-refractivity contribution in [2.45, 2.75) is 20.0 Å². The third-order valence-electron chi connectivity index (χ3n) is 3.30. The molecule has 0 aliphatic heterocycles. The van der Waals surface area contributed by atoms with E-state index in [-0.39, 0.29) is 6.61 Å². The lowest BCUT2D eigenvalue weighted by atomic mass is 10.2. The second-order valence-corrected chi connectivity index (χ2v) is 6.14. The second-order valence-electron chi connectivity index (χ2n) is 5.30. The van der Waals surface area contributed by atoms with Gasteiger partial charge in [0.15, 0.2) is 12.7 Å². The van der Waals surface area contributed by atoms with Gasteiger partial charge in [-0.1, -0.05) is 41.4 Å². The van der Waals surface area contributed by atoms with E-state index in [9.17, 15) is 9.59 Å². The standard InChI is InChI=1S/C18H17Cl2NO4/c1-11-5-3-4-6-16(11)24-10-17(22)25-12(2)18(23)21-15-9-13(19)7-8-14(15)20/h3-9,12H,10H2,1-2H3,(H,21,23). The first kappa shape index (κ1) is 19.1. The molecular formula is C18H17Cl2NO4. The average Bonchev–Trinajstić information content (AvgIpc) is 2.57. The van der Waals surface area contributed by atoms with Crippen molar-refractivity contribution in [1.29, 1.82) is 0 Å². The minimum atomic E-state index is -1.01. The van der Waals surface area contributed by atoms with Crippen molar-refractivity contribution in [2.75, 3.05) is 11.9 Å². The molecule has 1 N–H and O–H groups in total. The Hall–Kier alpha value is -2.24. The van der Waals surface area contributed by atoms with Crippen molar-refractivity contribution in [2.24, 2.45) is 0 Å². The van der Waals surface area contributed by atoms with E-state index in [1.54, 1.807) is 24.3 Å². The van der Waals surface area contributed by atoms with E-state index in [4.69, 9.17) is 32.7 Å². The number of esters is 1. The number of carbonyl (C=O) groups excluding carboxylic acids is 2. The molecule has 5 nitrogen and oxygen atoms in total. The number of benzene rings is 2. The van der Waals surface area contributed by atoms with Crippen LogP contribution < -0.4 is 10.1 Å². The SMILES string of the molecule is Cc1ccccc1OCC(=O)OC(C)C(=O)Nc1cc(Cl)ccc1Cl. The number of aryl methyl sites for hydroxylation is 1. The van der Waals surface area contributed by atoms with Crippen LogP contribution >= 0.6 is 23.2 Å². The highest BCUT2D eigenvalue weighted by Crippen LogP contribution is 2.25. The van der Waals surface area contributed by atoms with E-state index in [0.717, 1.165) is 5.56 Å². The van der Waals surface area contributed by atoms with Gasteiger partial charge < -0.3 is 14.8 Å². The minimum absolute atomic E-state index is 0.291. The van der Waals surface area contributed by atoms with Gasteiger partial charge in [0.2, 0.25) is 0 Å². The highest BCUT2D eigenvalue weighted by Gasteiger charge is 2.19. The number of hydrogen-bond donors (Lipinski definition) is 1. The Morgan fingerprint density at radius 2 is 1.88 bits per heavy atom. The zero-order valence-electron chi connectivity index (χ0n) is 13.7. The monoisotopic (exact) mass is 381 g/mol. The quantitative estimate of drug-likeness (QED) is 0.759. The summed E-state index contributed by atoms with van der Waals surface area (Å²) in [7, 11) is 0. The van der Waals surface area contributed by atoms with Crippen molar-refractivity contribution < 1.29 is 19.1 Å². The van der Waals surface area contributed by atoms with E-state index in [2.05, 4.69) is 5.32 Å². The van der Waals surface area contributed by atoms with Gasteiger partial charge in [-0.25, -0.2) is 4.79 Å². The van der Waals surface area contributed by atoms with Crippen LogP contribution in [-0.2, 0) is 14.3 Å². The van der Waals surface area contributed by atoms with Gasteiger partial charge in [0.05, 0.1) is 10.7 Å². The zero-order valence-corrected chi connectivity index (χ0v) is 15.2. The van der Waals surface area contributed by atoms with Gasteiger partial charge in [-0.05, 0) is 43.7 Å². The van der Waals surface area contributed by atoms with Crippen molar-refractivity contribution in [3.05, 3.63) is 58.1 Å². The number of hydrogen-bond acceptors (Lipinski definition) is 4. The van der Waals surface area contributed by atoms with Gasteiger partial charge in [0.1, 0.15) is 5.75 Å². The normalized spacial score (nSPS) is 11.5. The van der Waals surface area contributed by atoms with Crippen molar-refractivity contribution in [3.63, 3.8) is 0 Å². The molecular weight excluding hydrogens is 365 g/mol. The Labute approximate surface area is 155 Å². The maximum absolute atomic E-state index is 12.1. The Bertz CT molecular complexity index is 779. The summed E-state index contributed by atoms with van der Waals surface area (Å²) >= 11 is 11.8. The van der Waals surface area contributed by atoms with Crippen molar-refractivity contribution in [1.82, 2.24) is 0 Å². The highest BCUT2D eigenvalue weighted by molar-refractivity contribution is 6.35. The summed E-state index contributed by atoms with van der Waals surface area (Å²) in [5, 5.41) is 3.33. The summed E-state index contributed by atoms with van der Waals surface area (Å²) in [5.74, 6) is -0.584. The summed E-state index contributed by atoms with van der Waals surface area (Å²) in [6.45, 7) is 3.03. The predicted molar refractivity (Wildman–Crippen MR) is 97.3 cm³/mol. The maximum atomic E-state index is 12.1. The van der Waals surface area contributed by atoms with Crippen LogP contribution in [-0.4, -0.2) is 24.6 Å². The van der Waals surface area contributed by atoms with Crippen LogP contribution in [0.5, 0.6) is 5.75 Å². The largest absolute Gasteiger partial charge is 0.482 e. The van der Waals surface area contributed by atoms with Gasteiger partial charge in [-0.3, -0.25) is 4.79 Å². The fourth-order valence-corrected chi connectivity index (χ4v) is 2.30. The van der Waals surface area contributed by atoms with Gasteiger partial charge in [0.25, 0.3) is 5.91 Å². The Balaban J connectivity index is 1.87. The lowest BCUT2D eigenvalue weighted by Crippen LogP contribution is -2.31. The molecule has 132 valence electrons. The van der Waals surface area contributed by atoms with E-state index in [0.29, 0.717) is 21.5 Å². The molecule has 2 aromatic carbocycles. The lowest BCUT2D eigenvalue weighted by Gasteiger charge is -2.15. The topological polar surface area (TPSA) is 64.6 Å². The summed E-state index contributed by atoms with van der Waals surface area (Å²) in [6, 6.07) is 12.0. The van der Waals surface area contributed by atoms with E-state index >= 15 is 0 Å². The number of ether oxygens (including phenoxy) is 2. The van der Waals surface area contributed by atoms with Crippen LogP contribution in [0.1, 0.15) is 12.5 Å². The van der Waals surface area contributed by atoms with Crippen molar-refractivity contribution in [3.8, 4) is 5.75 Å². The molecule has 1 amide bonds. The fourth-order valence-electron chi connectivity index (χ4n) is 1.97. The molecule has 0 aliphatic carbocycles. The summed E-state index contributed by atoms with van der Waals surface area (Å²) in [6.07, 6.45) is -1.01. The third-order valence-corrected chi connectivity index (χ3v) is 3.87. The van der Waals surface area contributed by atoms with E-state index < -0.39 is 18.0 Å². The Kier molecular flexibility index (Phi) is 6.67. The molecule has 1 unspecified atom stereocenters. The van der Waals surface area contributed by atoms with Crippen LogP contribution in [0.3, 0.4) is 0 Å². The molecule has 1 atom stereocenters. The van der Waals surface area contributed by atoms with E-state index in [1.807, 2.05) is 19.1 Å². The molecule has 0 heterocycles. The van der Waals surface area contributed by atoms with Crippen LogP contribution in [0, 0.1) is 6.92 Å². The number of nitrogens with one attached hydrogen (secondary N) is 1. The van der Waals surface area contributed by atoms with Crippen LogP contribution in [0.25, 0.3) is 0 Å². The van der Waals surface area contributed by atoms with Crippen LogP contribution in [0.2, 0.25) is 10.0 Å². The third kappa shape index (κ3) is 5.66. The molecule has 0 bridgehead atoms. The Morgan fingerprint density at radius 3 is 2.60 bits per heavy atom. The zero-order chi connectivity index (χ0) is 18.4. The fraction of sp³-hybridized carbons (Fsp3) is 0.222. The Morgan fingerprint density at radius 1 is 1.16 bits per heavy atom. The van der Waals surface area contributed by atoms with Gasteiger partial charge in [-0.2, -0.15) is 0 Å². The van der Waals surface area contributed by atoms with Gasteiger partial charge in [-0.15, -0.1) is 0 Å². The molecule has 0 aromatic heterocycles. The minimum Gasteiger partial charge on any atom is -0.482 e. The molecule has 2 rings (SSSR count). The molecule has 2 aromatic rings. The lowest BCUT2D eigenvalue weighted by molar-refractivity contribution is -0.155.